The first-order valence-corrected chi connectivity index (χ1v) is 11.2. The third-order valence-corrected chi connectivity index (χ3v) is 5.34. The second kappa shape index (κ2) is 13.2. The highest BCUT2D eigenvalue weighted by molar-refractivity contribution is 7.64. The Bertz CT molecular complexity index is 934. The van der Waals surface area contributed by atoms with Crippen LogP contribution >= 0.6 is 0 Å². The molecule has 0 aliphatic rings. The Balaban J connectivity index is 2.07. The zero-order valence-corrected chi connectivity index (χ0v) is 18.7. The average Bonchev–Trinajstić information content (AvgIpc) is 2.76. The predicted molar refractivity (Wildman–Crippen MR) is 122 cm³/mol. The van der Waals surface area contributed by atoms with Gasteiger partial charge in [0.05, 0.1) is 29.4 Å². The molecule has 0 bridgehead atoms. The summed E-state index contributed by atoms with van der Waals surface area (Å²) in [7, 11) is 0. The van der Waals surface area contributed by atoms with Crippen molar-refractivity contribution in [1.29, 1.82) is 0 Å². The lowest BCUT2D eigenvalue weighted by Crippen LogP contribution is -2.53. The molecule has 2 aromatic carbocycles. The normalized spacial score (nSPS) is 13.8. The molecule has 0 aromatic heterocycles. The quantitative estimate of drug-likeness (QED) is 0.355. The molecule has 0 unspecified atom stereocenters. The van der Waals surface area contributed by atoms with Gasteiger partial charge in [-0.1, -0.05) is 31.2 Å². The number of nitrogens with two attached hydrogens (primary N) is 1. The fraction of sp³-hybridized carbons (Fsp3) is 0.391. The molecule has 0 radical (unpaired) electrons. The molecule has 6 nitrogen and oxygen atoms in total. The lowest BCUT2D eigenvalue weighted by molar-refractivity contribution is -0.123. The summed E-state index contributed by atoms with van der Waals surface area (Å²) < 4.78 is 37.7. The van der Waals surface area contributed by atoms with Crippen molar-refractivity contribution in [1.82, 2.24) is 10.6 Å². The van der Waals surface area contributed by atoms with Gasteiger partial charge in [-0.3, -0.25) is 4.79 Å². The van der Waals surface area contributed by atoms with Crippen molar-refractivity contribution in [2.75, 3.05) is 6.54 Å². The highest BCUT2D eigenvalue weighted by Gasteiger charge is 2.24. The van der Waals surface area contributed by atoms with Crippen LogP contribution in [0.15, 0.2) is 42.5 Å². The summed E-state index contributed by atoms with van der Waals surface area (Å²) in [6.45, 7) is 2.71. The van der Waals surface area contributed by atoms with Gasteiger partial charge in [-0.25, -0.2) is 13.0 Å². The third-order valence-electron chi connectivity index (χ3n) is 5.01. The number of aryl methyl sites for hydroxylation is 1. The van der Waals surface area contributed by atoms with Crippen molar-refractivity contribution in [2.24, 2.45) is 5.73 Å². The van der Waals surface area contributed by atoms with Crippen LogP contribution in [0.2, 0.25) is 0 Å². The summed E-state index contributed by atoms with van der Waals surface area (Å²) in [5, 5.41) is 17.8. The molecule has 0 spiro atoms. The standard InChI is InChI=1S/C23H29F2N3O3S/c1-2-15-4-3-5-16(8-15)13-27-14-22(29)21(28-23(30)20(26)6-7-32-31)11-17-9-18(24)12-19(25)10-17/h3-5,7-10,12,20-22,27,29H,2,6,11,13-14,26H2,1H3,(H,28,30)/t20-,21+,22-/m1/s1. The number of rotatable bonds is 12. The number of benzene rings is 2. The zero-order valence-electron chi connectivity index (χ0n) is 17.9. The highest BCUT2D eigenvalue weighted by Crippen LogP contribution is 2.12. The van der Waals surface area contributed by atoms with Crippen LogP contribution in [0.3, 0.4) is 0 Å². The number of nitrogens with one attached hydrogen (secondary N) is 2. The number of carbonyl (C=O) groups excluding carboxylic acids is 1. The topological polar surface area (TPSA) is 104 Å². The molecule has 0 saturated carbocycles. The van der Waals surface area contributed by atoms with Gasteiger partial charge in [0.15, 0.2) is 0 Å². The van der Waals surface area contributed by atoms with Gasteiger partial charge >= 0.3 is 0 Å². The number of aliphatic hydroxyl groups excluding tert-OH is 1. The Labute approximate surface area is 190 Å². The van der Waals surface area contributed by atoms with E-state index in [9.17, 15) is 22.9 Å². The minimum atomic E-state index is -1.05. The maximum absolute atomic E-state index is 13.6. The summed E-state index contributed by atoms with van der Waals surface area (Å²) in [6.07, 6.45) is -0.0769. The largest absolute Gasteiger partial charge is 0.390 e. The van der Waals surface area contributed by atoms with Crippen molar-refractivity contribution in [3.8, 4) is 0 Å². The van der Waals surface area contributed by atoms with Crippen LogP contribution in [0.25, 0.3) is 0 Å². The van der Waals surface area contributed by atoms with E-state index in [0.29, 0.717) is 6.54 Å². The lowest BCUT2D eigenvalue weighted by atomic mass is 10.00. The van der Waals surface area contributed by atoms with Gasteiger partial charge in [0.25, 0.3) is 0 Å². The van der Waals surface area contributed by atoms with Crippen LogP contribution in [0.1, 0.15) is 30.0 Å². The van der Waals surface area contributed by atoms with Gasteiger partial charge in [-0.05, 0) is 41.7 Å². The average molecular weight is 466 g/mol. The fourth-order valence-electron chi connectivity index (χ4n) is 3.27. The van der Waals surface area contributed by atoms with E-state index in [-0.39, 0.29) is 36.2 Å². The first kappa shape index (κ1) is 25.8. The van der Waals surface area contributed by atoms with Crippen molar-refractivity contribution < 1.29 is 22.9 Å². The lowest BCUT2D eigenvalue weighted by Gasteiger charge is -2.26. The minimum absolute atomic E-state index is 0.00132. The van der Waals surface area contributed by atoms with E-state index in [1.54, 1.807) is 0 Å². The summed E-state index contributed by atoms with van der Waals surface area (Å²) in [5.74, 6) is -2.05. The molecule has 0 saturated heterocycles. The molecule has 5 N–H and O–H groups in total. The van der Waals surface area contributed by atoms with Crippen LogP contribution in [-0.4, -0.2) is 45.3 Å². The number of halogens is 2. The summed E-state index contributed by atoms with van der Waals surface area (Å²) in [4.78, 5) is 12.4. The summed E-state index contributed by atoms with van der Waals surface area (Å²) in [5.41, 5.74) is 8.33. The molecular weight excluding hydrogens is 436 g/mol. The number of carbonyl (C=O) groups is 1. The molecule has 0 aliphatic heterocycles. The minimum Gasteiger partial charge on any atom is -0.390 e. The second-order valence-corrected chi connectivity index (χ2v) is 8.10. The summed E-state index contributed by atoms with van der Waals surface area (Å²) in [6, 6.07) is 9.28. The Kier molecular flexibility index (Phi) is 10.6. The maximum Gasteiger partial charge on any atom is 0.237 e. The number of hydrogen-bond acceptors (Lipinski definition) is 5. The molecule has 0 fully saturated rings. The monoisotopic (exact) mass is 465 g/mol. The van der Waals surface area contributed by atoms with Crippen LogP contribution in [-0.2, 0) is 35.4 Å². The summed E-state index contributed by atoms with van der Waals surface area (Å²) >= 11 is 0.212. The smallest absolute Gasteiger partial charge is 0.237 e. The van der Waals surface area contributed by atoms with Crippen LogP contribution in [0, 0.1) is 11.6 Å². The number of amides is 1. The zero-order chi connectivity index (χ0) is 23.5. The van der Waals surface area contributed by atoms with Gasteiger partial charge in [0.2, 0.25) is 5.91 Å². The fourth-order valence-corrected chi connectivity index (χ4v) is 3.56. The van der Waals surface area contributed by atoms with Gasteiger partial charge in [0, 0.05) is 30.9 Å². The number of hydrogen-bond donors (Lipinski definition) is 4. The van der Waals surface area contributed by atoms with E-state index in [0.717, 1.165) is 30.2 Å². The third kappa shape index (κ3) is 8.58. The number of aliphatic hydroxyl groups is 1. The molecule has 2 aromatic rings. The molecule has 2 rings (SSSR count). The molecule has 174 valence electrons. The van der Waals surface area contributed by atoms with Crippen LogP contribution in [0.4, 0.5) is 8.78 Å². The Hall–Kier alpha value is -2.46. The van der Waals surface area contributed by atoms with Crippen molar-refractivity contribution >= 4 is 22.5 Å². The molecule has 9 heteroatoms. The van der Waals surface area contributed by atoms with Gasteiger partial charge in [0.1, 0.15) is 11.6 Å². The Morgan fingerprint density at radius 3 is 2.50 bits per heavy atom. The molecule has 32 heavy (non-hydrogen) atoms. The SMILES string of the molecule is CCc1cccc(CNC[C@@H](O)[C@H](Cc2cc(F)cc(F)c2)NC(=O)[C@H](N)CC=S=O)c1. The molecule has 3 atom stereocenters. The van der Waals surface area contributed by atoms with E-state index in [1.807, 2.05) is 18.2 Å². The predicted octanol–water partition coefficient (Wildman–Crippen LogP) is 1.44. The van der Waals surface area contributed by atoms with E-state index in [2.05, 4.69) is 23.6 Å². The molecule has 0 heterocycles. The van der Waals surface area contributed by atoms with Gasteiger partial charge < -0.3 is 21.5 Å². The molecular formula is C23H29F2N3O3S. The van der Waals surface area contributed by atoms with Crippen LogP contribution in [0.5, 0.6) is 0 Å². The van der Waals surface area contributed by atoms with Crippen molar-refractivity contribution in [3.63, 3.8) is 0 Å². The molecule has 1 amide bonds. The van der Waals surface area contributed by atoms with Gasteiger partial charge in [-0.15, -0.1) is 0 Å². The first-order chi connectivity index (χ1) is 15.3. The second-order valence-electron chi connectivity index (χ2n) is 7.57. The van der Waals surface area contributed by atoms with Crippen molar-refractivity contribution in [3.05, 3.63) is 70.8 Å². The Morgan fingerprint density at radius 2 is 1.84 bits per heavy atom. The molecule has 0 aliphatic carbocycles. The van der Waals surface area contributed by atoms with Crippen LogP contribution < -0.4 is 16.4 Å². The van der Waals surface area contributed by atoms with E-state index >= 15 is 0 Å². The van der Waals surface area contributed by atoms with E-state index in [1.165, 1.54) is 10.9 Å². The van der Waals surface area contributed by atoms with E-state index in [4.69, 9.17) is 5.73 Å². The first-order valence-electron chi connectivity index (χ1n) is 10.4. The van der Waals surface area contributed by atoms with Crippen molar-refractivity contribution in [2.45, 2.75) is 50.9 Å². The van der Waals surface area contributed by atoms with E-state index < -0.39 is 35.7 Å². The van der Waals surface area contributed by atoms with Gasteiger partial charge in [-0.2, -0.15) is 0 Å². The highest BCUT2D eigenvalue weighted by atomic mass is 32.1. The maximum atomic E-state index is 13.6. The Morgan fingerprint density at radius 1 is 1.16 bits per heavy atom.